The van der Waals surface area contributed by atoms with E-state index in [1.807, 2.05) is 4.90 Å². The lowest BCUT2D eigenvalue weighted by Crippen LogP contribution is -2.58. The van der Waals surface area contributed by atoms with Crippen molar-refractivity contribution in [3.63, 3.8) is 0 Å². The summed E-state index contributed by atoms with van der Waals surface area (Å²) >= 11 is 5.94. The number of hydrogen-bond acceptors (Lipinski definition) is 6. The third-order valence-corrected chi connectivity index (χ3v) is 6.85. The summed E-state index contributed by atoms with van der Waals surface area (Å²) in [7, 11) is 2.06. The molecule has 0 aliphatic carbocycles. The number of carbonyl (C=O) groups is 2. The highest BCUT2D eigenvalue weighted by atomic mass is 35.5. The van der Waals surface area contributed by atoms with E-state index in [4.69, 9.17) is 21.1 Å². The van der Waals surface area contributed by atoms with Crippen LogP contribution in [-0.4, -0.2) is 109 Å². The van der Waals surface area contributed by atoms with Gasteiger partial charge in [0.25, 0.3) is 0 Å². The second-order valence-corrected chi connectivity index (χ2v) is 9.55. The molecule has 3 saturated heterocycles. The lowest BCUT2D eigenvalue weighted by Gasteiger charge is -2.44. The smallest absolute Gasteiger partial charge is 0.322 e. The van der Waals surface area contributed by atoms with Crippen molar-refractivity contribution >= 4 is 29.2 Å². The Hall–Kier alpha value is -1.91. The first-order chi connectivity index (χ1) is 15.9. The fourth-order valence-corrected chi connectivity index (χ4v) is 4.81. The summed E-state index contributed by atoms with van der Waals surface area (Å²) in [5.74, 6) is 0.117. The maximum absolute atomic E-state index is 13.1. The van der Waals surface area contributed by atoms with E-state index in [1.165, 1.54) is 0 Å². The van der Waals surface area contributed by atoms with E-state index in [0.29, 0.717) is 30.0 Å². The predicted octanol–water partition coefficient (Wildman–Crippen LogP) is 1.65. The van der Waals surface area contributed by atoms with Gasteiger partial charge in [0.15, 0.2) is 0 Å². The van der Waals surface area contributed by atoms with Gasteiger partial charge in [-0.1, -0.05) is 11.6 Å². The molecule has 0 spiro atoms. The molecule has 3 fully saturated rings. The Kier molecular flexibility index (Phi) is 8.08. The molecule has 33 heavy (non-hydrogen) atoms. The van der Waals surface area contributed by atoms with Crippen LogP contribution in [0.25, 0.3) is 0 Å². The first-order valence-corrected chi connectivity index (χ1v) is 12.0. The second kappa shape index (κ2) is 11.0. The Labute approximate surface area is 199 Å². The number of halogens is 1. The van der Waals surface area contributed by atoms with Crippen LogP contribution in [0.15, 0.2) is 24.3 Å². The van der Waals surface area contributed by atoms with Crippen molar-refractivity contribution in [3.05, 3.63) is 29.3 Å². The molecule has 9 nitrogen and oxygen atoms in total. The van der Waals surface area contributed by atoms with Crippen LogP contribution in [0.1, 0.15) is 19.3 Å². The number of benzene rings is 1. The van der Waals surface area contributed by atoms with Gasteiger partial charge >= 0.3 is 6.03 Å². The largest absolute Gasteiger partial charge is 0.389 e. The number of ether oxygens (including phenoxy) is 2. The molecule has 2 N–H and O–H groups in total. The molecule has 0 radical (unpaired) electrons. The Morgan fingerprint density at radius 2 is 1.85 bits per heavy atom. The number of rotatable bonds is 3. The number of piperazine rings is 1. The molecule has 3 aliphatic heterocycles. The zero-order valence-electron chi connectivity index (χ0n) is 19.0. The average molecular weight is 481 g/mol. The summed E-state index contributed by atoms with van der Waals surface area (Å²) in [6.07, 6.45) is 0.349. The number of amides is 3. The monoisotopic (exact) mass is 480 g/mol. The molecule has 4 rings (SSSR count). The first kappa shape index (κ1) is 24.2. The zero-order valence-corrected chi connectivity index (χ0v) is 19.7. The molecule has 10 heteroatoms. The van der Waals surface area contributed by atoms with E-state index >= 15 is 0 Å². The quantitative estimate of drug-likeness (QED) is 0.683. The molecule has 0 aromatic heterocycles. The van der Waals surface area contributed by atoms with Crippen LogP contribution >= 0.6 is 11.6 Å². The lowest BCUT2D eigenvalue weighted by molar-refractivity contribution is -0.155. The molecule has 182 valence electrons. The number of aliphatic hydroxyl groups excluding tert-OH is 1. The van der Waals surface area contributed by atoms with Crippen molar-refractivity contribution in [2.75, 3.05) is 58.3 Å². The van der Waals surface area contributed by atoms with Crippen LogP contribution < -0.4 is 5.32 Å². The van der Waals surface area contributed by atoms with Gasteiger partial charge in [0.2, 0.25) is 5.91 Å². The number of urea groups is 1. The zero-order chi connectivity index (χ0) is 23.4. The Bertz CT molecular complexity index is 818. The van der Waals surface area contributed by atoms with Gasteiger partial charge in [-0.25, -0.2) is 4.79 Å². The molecule has 4 atom stereocenters. The van der Waals surface area contributed by atoms with Crippen LogP contribution in [0, 0.1) is 0 Å². The molecule has 3 aliphatic rings. The summed E-state index contributed by atoms with van der Waals surface area (Å²) in [6.45, 7) is 3.80. The maximum Gasteiger partial charge on any atom is 0.322 e. The van der Waals surface area contributed by atoms with E-state index in [0.717, 1.165) is 26.2 Å². The number of carbonyl (C=O) groups excluding carboxylic acids is 2. The molecule has 3 amide bonds. The summed E-state index contributed by atoms with van der Waals surface area (Å²) in [6, 6.07) is 6.34. The SMILES string of the molecule is CN1CCN(C(=O)C[C@H]2CC[C@H]3[C@@H](COC[C@@H](O)CN3C(=O)Nc3ccc(Cl)cc3)O2)CC1. The maximum atomic E-state index is 13.1. The highest BCUT2D eigenvalue weighted by molar-refractivity contribution is 6.30. The van der Waals surface area contributed by atoms with Gasteiger partial charge < -0.3 is 34.6 Å². The van der Waals surface area contributed by atoms with Crippen LogP contribution in [0.2, 0.25) is 5.02 Å². The number of nitrogens with one attached hydrogen (secondary N) is 1. The number of likely N-dealkylation sites (N-methyl/N-ethyl adjacent to an activating group) is 1. The van der Waals surface area contributed by atoms with E-state index < -0.39 is 6.10 Å². The minimum absolute atomic E-state index is 0.117. The van der Waals surface area contributed by atoms with Crippen molar-refractivity contribution in [2.24, 2.45) is 0 Å². The molecular formula is C23H33ClN4O5. The highest BCUT2D eigenvalue weighted by Gasteiger charge is 2.40. The molecule has 0 saturated carbocycles. The van der Waals surface area contributed by atoms with Gasteiger partial charge in [0.05, 0.1) is 44.4 Å². The molecule has 0 unspecified atom stereocenters. The first-order valence-electron chi connectivity index (χ1n) is 11.6. The molecule has 1 aromatic carbocycles. The van der Waals surface area contributed by atoms with Crippen LogP contribution in [-0.2, 0) is 14.3 Å². The topological polar surface area (TPSA) is 94.6 Å². The van der Waals surface area contributed by atoms with Gasteiger partial charge in [-0.3, -0.25) is 4.79 Å². The number of aliphatic hydroxyl groups is 1. The highest BCUT2D eigenvalue weighted by Crippen LogP contribution is 2.29. The van der Waals surface area contributed by atoms with Crippen molar-refractivity contribution in [1.82, 2.24) is 14.7 Å². The summed E-state index contributed by atoms with van der Waals surface area (Å²) in [5, 5.41) is 13.8. The number of anilines is 1. The van der Waals surface area contributed by atoms with Crippen molar-refractivity contribution < 1.29 is 24.2 Å². The summed E-state index contributed by atoms with van der Waals surface area (Å²) in [5.41, 5.74) is 0.626. The summed E-state index contributed by atoms with van der Waals surface area (Å²) in [4.78, 5) is 31.7. The van der Waals surface area contributed by atoms with Gasteiger partial charge in [0, 0.05) is 36.9 Å². The number of hydrogen-bond donors (Lipinski definition) is 2. The third kappa shape index (κ3) is 6.36. The van der Waals surface area contributed by atoms with Crippen LogP contribution in [0.3, 0.4) is 0 Å². The number of nitrogens with zero attached hydrogens (tertiary/aromatic N) is 3. The van der Waals surface area contributed by atoms with Gasteiger partial charge in [-0.2, -0.15) is 0 Å². The average Bonchev–Trinajstić information content (AvgIpc) is 2.78. The van der Waals surface area contributed by atoms with Crippen molar-refractivity contribution in [3.8, 4) is 0 Å². The predicted molar refractivity (Wildman–Crippen MR) is 124 cm³/mol. The molecular weight excluding hydrogens is 448 g/mol. The minimum Gasteiger partial charge on any atom is -0.389 e. The Morgan fingerprint density at radius 3 is 2.58 bits per heavy atom. The summed E-state index contributed by atoms with van der Waals surface area (Å²) < 4.78 is 11.9. The van der Waals surface area contributed by atoms with Gasteiger partial charge in [0.1, 0.15) is 6.10 Å². The second-order valence-electron chi connectivity index (χ2n) is 9.11. The van der Waals surface area contributed by atoms with E-state index in [9.17, 15) is 14.7 Å². The number of β-amino-alcohol motifs (C(OH)–C–C–N with tert-alkyl or cyclic N) is 1. The van der Waals surface area contributed by atoms with Crippen molar-refractivity contribution in [1.29, 1.82) is 0 Å². The third-order valence-electron chi connectivity index (χ3n) is 6.60. The Balaban J connectivity index is 1.39. The standard InChI is InChI=1S/C23H33ClN4O5/c1-26-8-10-27(11-9-26)22(30)12-19-6-7-20-21(33-19)15-32-14-18(29)13-28(20)23(31)25-17-4-2-16(24)3-5-17/h2-5,18-21,29H,6-15H2,1H3,(H,25,31)/t18-,19+,20-,21+/m0/s1. The van der Waals surface area contributed by atoms with Crippen LogP contribution in [0.4, 0.5) is 10.5 Å². The molecule has 3 heterocycles. The van der Waals surface area contributed by atoms with Gasteiger partial charge in [-0.15, -0.1) is 0 Å². The normalized spacial score (nSPS) is 29.1. The molecule has 0 bridgehead atoms. The minimum atomic E-state index is -0.779. The van der Waals surface area contributed by atoms with Crippen LogP contribution in [0.5, 0.6) is 0 Å². The number of fused-ring (bicyclic) bond motifs is 1. The fraction of sp³-hybridized carbons (Fsp3) is 0.652. The van der Waals surface area contributed by atoms with E-state index in [2.05, 4.69) is 17.3 Å². The fourth-order valence-electron chi connectivity index (χ4n) is 4.68. The lowest BCUT2D eigenvalue weighted by atomic mass is 9.94. The van der Waals surface area contributed by atoms with E-state index in [1.54, 1.807) is 29.2 Å². The van der Waals surface area contributed by atoms with Gasteiger partial charge in [-0.05, 0) is 44.2 Å². The molecule has 1 aromatic rings. The van der Waals surface area contributed by atoms with E-state index in [-0.39, 0.29) is 49.9 Å². The van der Waals surface area contributed by atoms with Crippen molar-refractivity contribution in [2.45, 2.75) is 43.6 Å². The Morgan fingerprint density at radius 1 is 1.12 bits per heavy atom.